The molecule has 7 nitrogen and oxygen atoms in total. The smallest absolute Gasteiger partial charge is 0.416 e. The van der Waals surface area contributed by atoms with E-state index < -0.39 is 17.3 Å². The highest BCUT2D eigenvalue weighted by Gasteiger charge is 2.31. The number of fused-ring (bicyclic) bond motifs is 1. The summed E-state index contributed by atoms with van der Waals surface area (Å²) in [6.45, 7) is 9.89. The first kappa shape index (κ1) is 29.0. The average Bonchev–Trinajstić information content (AvgIpc) is 3.35. The Morgan fingerprint density at radius 1 is 0.854 bits per heavy atom. The highest BCUT2D eigenvalue weighted by Crippen LogP contribution is 2.30. The minimum Gasteiger partial charge on any atom is -0.444 e. The first-order valence-electron chi connectivity index (χ1n) is 14.1. The van der Waals surface area contributed by atoms with Crippen molar-refractivity contribution < 1.29 is 27.5 Å². The van der Waals surface area contributed by atoms with E-state index in [9.17, 15) is 22.8 Å². The van der Waals surface area contributed by atoms with E-state index in [0.29, 0.717) is 51.4 Å². The SMILES string of the molecule is CC(C)(C)OC(=O)N1CCC(n2ccc3cc(C(=O)N4CCN(Cc5ccc(C(F)(F)F)cc5)CC4)ccc32)CC1. The van der Waals surface area contributed by atoms with Crippen molar-refractivity contribution in [3.05, 3.63) is 71.4 Å². The summed E-state index contributed by atoms with van der Waals surface area (Å²) in [5.74, 6) is -0.0144. The molecule has 0 aliphatic carbocycles. The number of halogens is 3. The summed E-state index contributed by atoms with van der Waals surface area (Å²) in [6.07, 6.45) is -0.873. The zero-order valence-corrected chi connectivity index (χ0v) is 23.8. The molecular formula is C31H37F3N4O3. The first-order chi connectivity index (χ1) is 19.4. The van der Waals surface area contributed by atoms with Crippen LogP contribution in [0.3, 0.4) is 0 Å². The van der Waals surface area contributed by atoms with Gasteiger partial charge in [-0.2, -0.15) is 13.2 Å². The summed E-state index contributed by atoms with van der Waals surface area (Å²) in [7, 11) is 0. The van der Waals surface area contributed by atoms with Gasteiger partial charge in [-0.15, -0.1) is 0 Å². The molecule has 2 fully saturated rings. The molecule has 5 rings (SSSR count). The van der Waals surface area contributed by atoms with E-state index >= 15 is 0 Å². The van der Waals surface area contributed by atoms with Crippen LogP contribution in [-0.4, -0.2) is 76.1 Å². The lowest BCUT2D eigenvalue weighted by Gasteiger charge is -2.35. The zero-order valence-electron chi connectivity index (χ0n) is 23.8. The number of piperidine rings is 1. The average molecular weight is 571 g/mol. The normalized spacial score (nSPS) is 17.7. The number of alkyl halides is 3. The van der Waals surface area contributed by atoms with Gasteiger partial charge in [0.25, 0.3) is 5.91 Å². The predicted molar refractivity (Wildman–Crippen MR) is 151 cm³/mol. The van der Waals surface area contributed by atoms with E-state index in [1.165, 1.54) is 12.1 Å². The van der Waals surface area contributed by atoms with Crippen LogP contribution in [0.5, 0.6) is 0 Å². The van der Waals surface area contributed by atoms with Crippen LogP contribution in [0.2, 0.25) is 0 Å². The van der Waals surface area contributed by atoms with Gasteiger partial charge in [0.05, 0.1) is 5.56 Å². The third kappa shape index (κ3) is 6.86. The number of ether oxygens (including phenoxy) is 1. The fraction of sp³-hybridized carbons (Fsp3) is 0.484. The molecule has 0 N–H and O–H groups in total. The standard InChI is InChI=1S/C31H37F3N4O3/c1-30(2,3)41-29(40)37-13-11-26(12-14-37)38-15-10-23-20-24(6-9-27(23)38)28(39)36-18-16-35(17-19-36)21-22-4-7-25(8-5-22)31(32,33)34/h4-10,15,20,26H,11-14,16-19,21H2,1-3H3. The number of amides is 2. The highest BCUT2D eigenvalue weighted by molar-refractivity contribution is 5.98. The van der Waals surface area contributed by atoms with E-state index in [0.717, 1.165) is 41.4 Å². The van der Waals surface area contributed by atoms with Crippen molar-refractivity contribution >= 4 is 22.9 Å². The Hall–Kier alpha value is -3.53. The van der Waals surface area contributed by atoms with Gasteiger partial charge in [0, 0.05) is 74.5 Å². The third-order valence-corrected chi connectivity index (χ3v) is 7.82. The molecule has 3 aromatic rings. The lowest BCUT2D eigenvalue weighted by Crippen LogP contribution is -2.48. The molecule has 10 heteroatoms. The number of benzene rings is 2. The second kappa shape index (κ2) is 11.4. The van der Waals surface area contributed by atoms with Gasteiger partial charge in [-0.05, 0) is 75.6 Å². The maximum atomic E-state index is 13.3. The molecule has 0 spiro atoms. The van der Waals surface area contributed by atoms with Gasteiger partial charge in [0.1, 0.15) is 5.60 Å². The van der Waals surface area contributed by atoms with Crippen LogP contribution in [0.4, 0.5) is 18.0 Å². The van der Waals surface area contributed by atoms with E-state index in [-0.39, 0.29) is 18.0 Å². The van der Waals surface area contributed by atoms with Crippen molar-refractivity contribution in [2.45, 2.75) is 58.0 Å². The van der Waals surface area contributed by atoms with Gasteiger partial charge in [-0.3, -0.25) is 9.69 Å². The van der Waals surface area contributed by atoms with Crippen molar-refractivity contribution in [3.63, 3.8) is 0 Å². The molecule has 2 aliphatic heterocycles. The van der Waals surface area contributed by atoms with Crippen LogP contribution in [0.1, 0.15) is 61.1 Å². The molecule has 1 aromatic heterocycles. The number of carbonyl (C=O) groups is 2. The van der Waals surface area contributed by atoms with Crippen LogP contribution in [0, 0.1) is 0 Å². The van der Waals surface area contributed by atoms with Crippen LogP contribution in [0.25, 0.3) is 10.9 Å². The van der Waals surface area contributed by atoms with Gasteiger partial charge in [0.2, 0.25) is 0 Å². The molecule has 0 atom stereocenters. The molecule has 0 bridgehead atoms. The molecule has 2 saturated heterocycles. The topological polar surface area (TPSA) is 58.0 Å². The summed E-state index contributed by atoms with van der Waals surface area (Å²) in [5.41, 5.74) is 1.38. The molecule has 0 unspecified atom stereocenters. The maximum absolute atomic E-state index is 13.3. The minimum absolute atomic E-state index is 0.0144. The van der Waals surface area contributed by atoms with E-state index in [1.54, 1.807) is 4.90 Å². The van der Waals surface area contributed by atoms with Crippen molar-refractivity contribution in [3.8, 4) is 0 Å². The number of carbonyl (C=O) groups excluding carboxylic acids is 2. The number of likely N-dealkylation sites (tertiary alicyclic amines) is 1. The molecular weight excluding hydrogens is 533 g/mol. The molecule has 0 saturated carbocycles. The second-order valence-corrected chi connectivity index (χ2v) is 12.0. The largest absolute Gasteiger partial charge is 0.444 e. The van der Waals surface area contributed by atoms with Crippen molar-refractivity contribution in [1.82, 2.24) is 19.3 Å². The second-order valence-electron chi connectivity index (χ2n) is 12.0. The van der Waals surface area contributed by atoms with Crippen LogP contribution in [-0.2, 0) is 17.5 Å². The molecule has 2 amide bonds. The van der Waals surface area contributed by atoms with E-state index in [1.807, 2.05) is 49.9 Å². The Morgan fingerprint density at radius 2 is 1.51 bits per heavy atom. The van der Waals surface area contributed by atoms with Crippen molar-refractivity contribution in [2.75, 3.05) is 39.3 Å². The summed E-state index contributed by atoms with van der Waals surface area (Å²) in [4.78, 5) is 31.5. The molecule has 2 aromatic carbocycles. The van der Waals surface area contributed by atoms with E-state index in [4.69, 9.17) is 4.74 Å². The summed E-state index contributed by atoms with van der Waals surface area (Å²) in [5, 5.41) is 1.01. The van der Waals surface area contributed by atoms with Gasteiger partial charge >= 0.3 is 12.3 Å². The Bertz CT molecular complexity index is 1380. The summed E-state index contributed by atoms with van der Waals surface area (Å²) >= 11 is 0. The van der Waals surface area contributed by atoms with Crippen LogP contribution < -0.4 is 0 Å². The fourth-order valence-electron chi connectivity index (χ4n) is 5.62. The number of piperazine rings is 1. The molecule has 220 valence electrons. The van der Waals surface area contributed by atoms with Crippen molar-refractivity contribution in [2.24, 2.45) is 0 Å². The van der Waals surface area contributed by atoms with Gasteiger partial charge < -0.3 is 19.1 Å². The maximum Gasteiger partial charge on any atom is 0.416 e. The van der Waals surface area contributed by atoms with Gasteiger partial charge in [-0.25, -0.2) is 4.79 Å². The van der Waals surface area contributed by atoms with E-state index in [2.05, 4.69) is 15.7 Å². The van der Waals surface area contributed by atoms with Crippen LogP contribution in [0.15, 0.2) is 54.7 Å². The number of hydrogen-bond acceptors (Lipinski definition) is 4. The lowest BCUT2D eigenvalue weighted by atomic mass is 10.0. The fourth-order valence-corrected chi connectivity index (χ4v) is 5.62. The van der Waals surface area contributed by atoms with Crippen LogP contribution >= 0.6 is 0 Å². The van der Waals surface area contributed by atoms with Crippen molar-refractivity contribution in [1.29, 1.82) is 0 Å². The summed E-state index contributed by atoms with van der Waals surface area (Å²) < 4.78 is 46.2. The molecule has 2 aliphatic rings. The number of aromatic nitrogens is 1. The zero-order chi connectivity index (χ0) is 29.4. The van der Waals surface area contributed by atoms with Gasteiger partial charge in [-0.1, -0.05) is 12.1 Å². The number of nitrogens with zero attached hydrogens (tertiary/aromatic N) is 4. The predicted octanol–water partition coefficient (Wildman–Crippen LogP) is 6.19. The number of rotatable bonds is 4. The lowest BCUT2D eigenvalue weighted by molar-refractivity contribution is -0.137. The van der Waals surface area contributed by atoms with Gasteiger partial charge in [0.15, 0.2) is 0 Å². The quantitative estimate of drug-likeness (QED) is 0.376. The minimum atomic E-state index is -4.34. The summed E-state index contributed by atoms with van der Waals surface area (Å²) in [6, 6.07) is 13.4. The Morgan fingerprint density at radius 3 is 2.12 bits per heavy atom. The monoisotopic (exact) mass is 570 g/mol. The first-order valence-corrected chi connectivity index (χ1v) is 14.1. The Kier molecular flexibility index (Phi) is 8.05. The molecule has 41 heavy (non-hydrogen) atoms. The molecule has 3 heterocycles. The Balaban J connectivity index is 1.15. The third-order valence-electron chi connectivity index (χ3n) is 7.82. The molecule has 0 radical (unpaired) electrons. The highest BCUT2D eigenvalue weighted by atomic mass is 19.4. The Labute approximate surface area is 238 Å². The number of hydrogen-bond donors (Lipinski definition) is 0.